The Labute approximate surface area is 158 Å². The topological polar surface area (TPSA) is 78.9 Å². The van der Waals surface area contributed by atoms with Crippen LogP contribution in [0.25, 0.3) is 11.1 Å². The number of nitrogens with one attached hydrogen (secondary N) is 1. The van der Waals surface area contributed by atoms with Gasteiger partial charge in [0.2, 0.25) is 5.91 Å². The van der Waals surface area contributed by atoms with Crippen LogP contribution in [0, 0.1) is 5.92 Å². The predicted molar refractivity (Wildman–Crippen MR) is 104 cm³/mol. The molecule has 0 spiro atoms. The van der Waals surface area contributed by atoms with Crippen LogP contribution in [0.15, 0.2) is 48.5 Å². The second kappa shape index (κ2) is 8.68. The Morgan fingerprint density at radius 1 is 1.15 bits per heavy atom. The normalized spacial score (nSPS) is 15.3. The smallest absolute Gasteiger partial charge is 0.317 e. The van der Waals surface area contributed by atoms with E-state index in [1.165, 1.54) is 0 Å². The number of hydrogen-bond donors (Lipinski definition) is 2. The lowest BCUT2D eigenvalue weighted by atomic mass is 9.95. The van der Waals surface area contributed by atoms with Crippen LogP contribution in [-0.2, 0) is 9.59 Å². The summed E-state index contributed by atoms with van der Waals surface area (Å²) in [6, 6.07) is 15.4. The maximum Gasteiger partial charge on any atom is 0.317 e. The van der Waals surface area contributed by atoms with E-state index >= 15 is 0 Å². The van der Waals surface area contributed by atoms with Gasteiger partial charge >= 0.3 is 5.97 Å². The van der Waals surface area contributed by atoms with E-state index in [1.54, 1.807) is 7.11 Å². The summed E-state index contributed by atoms with van der Waals surface area (Å²) in [5.41, 5.74) is 2.68. The quantitative estimate of drug-likeness (QED) is 0.819. The first-order valence-corrected chi connectivity index (χ1v) is 9.05. The van der Waals surface area contributed by atoms with Gasteiger partial charge in [0.1, 0.15) is 5.75 Å². The molecular formula is C21H24N2O4. The van der Waals surface area contributed by atoms with E-state index in [1.807, 2.05) is 53.4 Å². The molecule has 3 rings (SSSR count). The van der Waals surface area contributed by atoms with Crippen molar-refractivity contribution in [1.29, 1.82) is 0 Å². The van der Waals surface area contributed by atoms with Gasteiger partial charge in [0.05, 0.1) is 13.7 Å². The van der Waals surface area contributed by atoms with Gasteiger partial charge in [-0.3, -0.25) is 14.5 Å². The number of carboxylic acid groups (broad SMARTS) is 1. The minimum absolute atomic E-state index is 0.0136. The number of rotatable bonds is 6. The van der Waals surface area contributed by atoms with Gasteiger partial charge in [0, 0.05) is 17.2 Å². The average Bonchev–Trinajstić information content (AvgIpc) is 2.68. The molecule has 1 saturated heterocycles. The first-order valence-electron chi connectivity index (χ1n) is 9.05. The number of para-hydroxylation sites is 1. The highest BCUT2D eigenvalue weighted by molar-refractivity contribution is 5.97. The molecule has 0 saturated carbocycles. The van der Waals surface area contributed by atoms with Gasteiger partial charge in [-0.15, -0.1) is 0 Å². The van der Waals surface area contributed by atoms with Gasteiger partial charge in [-0.2, -0.15) is 0 Å². The fourth-order valence-corrected chi connectivity index (χ4v) is 3.41. The van der Waals surface area contributed by atoms with Gasteiger partial charge in [0.25, 0.3) is 0 Å². The van der Waals surface area contributed by atoms with Gasteiger partial charge in [-0.1, -0.05) is 30.3 Å². The maximum atomic E-state index is 12.7. The van der Waals surface area contributed by atoms with Crippen molar-refractivity contribution in [3.63, 3.8) is 0 Å². The van der Waals surface area contributed by atoms with E-state index in [0.717, 1.165) is 22.6 Å². The minimum Gasteiger partial charge on any atom is -0.497 e. The van der Waals surface area contributed by atoms with Gasteiger partial charge in [0.15, 0.2) is 0 Å². The molecule has 0 aromatic heterocycles. The molecular weight excluding hydrogens is 344 g/mol. The van der Waals surface area contributed by atoms with Crippen molar-refractivity contribution < 1.29 is 19.4 Å². The number of benzene rings is 2. The number of nitrogens with zero attached hydrogens (tertiary/aromatic N) is 1. The summed E-state index contributed by atoms with van der Waals surface area (Å²) in [6.07, 6.45) is 1.33. The number of anilines is 1. The monoisotopic (exact) mass is 368 g/mol. The van der Waals surface area contributed by atoms with Crippen molar-refractivity contribution in [2.24, 2.45) is 5.92 Å². The molecule has 0 aliphatic carbocycles. The summed E-state index contributed by atoms with van der Waals surface area (Å²) in [7, 11) is 1.63. The second-order valence-electron chi connectivity index (χ2n) is 6.71. The third kappa shape index (κ3) is 4.86. The first kappa shape index (κ1) is 18.9. The summed E-state index contributed by atoms with van der Waals surface area (Å²) in [5, 5.41) is 11.9. The molecule has 0 unspecified atom stereocenters. The molecule has 0 atom stereocenters. The second-order valence-corrected chi connectivity index (χ2v) is 6.71. The van der Waals surface area contributed by atoms with E-state index in [9.17, 15) is 9.59 Å². The molecule has 2 aromatic carbocycles. The lowest BCUT2D eigenvalue weighted by Crippen LogP contribution is -2.40. The summed E-state index contributed by atoms with van der Waals surface area (Å²) >= 11 is 0. The van der Waals surface area contributed by atoms with E-state index in [2.05, 4.69) is 5.32 Å². The van der Waals surface area contributed by atoms with Crippen molar-refractivity contribution in [3.8, 4) is 16.9 Å². The van der Waals surface area contributed by atoms with Crippen molar-refractivity contribution in [3.05, 3.63) is 48.5 Å². The van der Waals surface area contributed by atoms with Crippen LogP contribution in [0.4, 0.5) is 5.69 Å². The van der Waals surface area contributed by atoms with Crippen molar-refractivity contribution in [2.75, 3.05) is 32.1 Å². The number of aliphatic carboxylic acids is 1. The number of amides is 1. The largest absolute Gasteiger partial charge is 0.497 e. The summed E-state index contributed by atoms with van der Waals surface area (Å²) in [4.78, 5) is 25.4. The van der Waals surface area contributed by atoms with E-state index in [4.69, 9.17) is 9.84 Å². The Morgan fingerprint density at radius 2 is 1.89 bits per heavy atom. The van der Waals surface area contributed by atoms with E-state index in [0.29, 0.717) is 25.9 Å². The van der Waals surface area contributed by atoms with Gasteiger partial charge < -0.3 is 15.2 Å². The van der Waals surface area contributed by atoms with Crippen LogP contribution >= 0.6 is 0 Å². The highest BCUT2D eigenvalue weighted by Gasteiger charge is 2.26. The SMILES string of the molecule is COc1cccc(-c2ccccc2NC(=O)C2CCN(CC(=O)O)CC2)c1. The number of hydrogen-bond acceptors (Lipinski definition) is 4. The Kier molecular flexibility index (Phi) is 6.08. The van der Waals surface area contributed by atoms with Crippen molar-refractivity contribution in [2.45, 2.75) is 12.8 Å². The third-order valence-corrected chi connectivity index (χ3v) is 4.88. The van der Waals surface area contributed by atoms with Crippen LogP contribution in [-0.4, -0.2) is 48.6 Å². The predicted octanol–water partition coefficient (Wildman–Crippen LogP) is 3.10. The van der Waals surface area contributed by atoms with Crippen molar-refractivity contribution in [1.82, 2.24) is 4.90 Å². The standard InChI is InChI=1S/C21H24N2O4/c1-27-17-6-4-5-16(13-17)18-7-2-3-8-19(18)22-21(26)15-9-11-23(12-10-15)14-20(24)25/h2-8,13,15H,9-12,14H2,1H3,(H,22,26)(H,24,25). The van der Waals surface area contributed by atoms with Crippen LogP contribution in [0.3, 0.4) is 0 Å². The molecule has 1 aliphatic rings. The van der Waals surface area contributed by atoms with Crippen LogP contribution < -0.4 is 10.1 Å². The Balaban J connectivity index is 1.69. The number of carbonyl (C=O) groups excluding carboxylic acids is 1. The molecule has 2 N–H and O–H groups in total. The Hall–Kier alpha value is -2.86. The number of ether oxygens (including phenoxy) is 1. The number of piperidine rings is 1. The molecule has 1 amide bonds. The minimum atomic E-state index is -0.829. The lowest BCUT2D eigenvalue weighted by Gasteiger charge is -2.30. The highest BCUT2D eigenvalue weighted by atomic mass is 16.5. The summed E-state index contributed by atoms with van der Waals surface area (Å²) in [5.74, 6) is -0.182. The number of methoxy groups -OCH3 is 1. The zero-order chi connectivity index (χ0) is 19.2. The zero-order valence-electron chi connectivity index (χ0n) is 15.4. The molecule has 1 aliphatic heterocycles. The average molecular weight is 368 g/mol. The number of likely N-dealkylation sites (tertiary alicyclic amines) is 1. The maximum absolute atomic E-state index is 12.7. The Bertz CT molecular complexity index is 813. The molecule has 2 aromatic rings. The highest BCUT2D eigenvalue weighted by Crippen LogP contribution is 2.31. The first-order chi connectivity index (χ1) is 13.1. The van der Waals surface area contributed by atoms with Crippen LogP contribution in [0.2, 0.25) is 0 Å². The molecule has 0 radical (unpaired) electrons. The van der Waals surface area contributed by atoms with Crippen LogP contribution in [0.1, 0.15) is 12.8 Å². The van der Waals surface area contributed by atoms with Gasteiger partial charge in [-0.05, 0) is 49.7 Å². The fraction of sp³-hybridized carbons (Fsp3) is 0.333. The van der Waals surface area contributed by atoms with E-state index < -0.39 is 5.97 Å². The third-order valence-electron chi connectivity index (χ3n) is 4.88. The fourth-order valence-electron chi connectivity index (χ4n) is 3.41. The summed E-state index contributed by atoms with van der Waals surface area (Å²) in [6.45, 7) is 1.29. The summed E-state index contributed by atoms with van der Waals surface area (Å²) < 4.78 is 5.30. The molecule has 27 heavy (non-hydrogen) atoms. The Morgan fingerprint density at radius 3 is 2.59 bits per heavy atom. The molecule has 142 valence electrons. The van der Waals surface area contributed by atoms with Crippen molar-refractivity contribution >= 4 is 17.6 Å². The zero-order valence-corrected chi connectivity index (χ0v) is 15.4. The molecule has 1 fully saturated rings. The van der Waals surface area contributed by atoms with Gasteiger partial charge in [-0.25, -0.2) is 0 Å². The van der Waals surface area contributed by atoms with Crippen LogP contribution in [0.5, 0.6) is 5.75 Å². The molecule has 0 bridgehead atoms. The number of carboxylic acids is 1. The molecule has 6 heteroatoms. The lowest BCUT2D eigenvalue weighted by molar-refractivity contribution is -0.138. The van der Waals surface area contributed by atoms with E-state index in [-0.39, 0.29) is 18.4 Å². The number of carbonyl (C=O) groups is 2. The molecule has 6 nitrogen and oxygen atoms in total. The molecule has 1 heterocycles.